The number of allylic oxidation sites excluding steroid dienone is 2. The maximum atomic E-state index is 15.2. The van der Waals surface area contributed by atoms with Crippen LogP contribution in [-0.2, 0) is 47.5 Å². The van der Waals surface area contributed by atoms with Crippen LogP contribution in [-0.4, -0.2) is 136 Å². The van der Waals surface area contributed by atoms with E-state index in [4.69, 9.17) is 37.9 Å². The summed E-state index contributed by atoms with van der Waals surface area (Å²) in [7, 11) is 0. The molecule has 0 radical (unpaired) electrons. The normalized spacial score (nSPS) is 30.4. The second-order valence-electron chi connectivity index (χ2n) is 24.6. The minimum Gasteiger partial charge on any atom is -0.455 e. The minimum absolute atomic E-state index is 0.0708. The average Bonchev–Trinajstić information content (AvgIpc) is 4.03. The van der Waals surface area contributed by atoms with Crippen molar-refractivity contribution in [1.29, 1.82) is 0 Å². The Bertz CT molecular complexity index is 2510. The number of esters is 2. The van der Waals surface area contributed by atoms with Crippen molar-refractivity contribution in [2.45, 2.75) is 230 Å². The molecule has 3 unspecified atom stereocenters. The van der Waals surface area contributed by atoms with Crippen LogP contribution in [0.15, 0.2) is 84.0 Å². The Kier molecular flexibility index (Phi) is 21.5. The van der Waals surface area contributed by atoms with Gasteiger partial charge in [0.1, 0.15) is 53.9 Å². The molecule has 2 saturated heterocycles. The molecule has 2 aliphatic heterocycles. The van der Waals surface area contributed by atoms with Gasteiger partial charge in [0.2, 0.25) is 6.10 Å². The number of hydrogen-bond donors (Lipinski definition) is 5. The van der Waals surface area contributed by atoms with Crippen molar-refractivity contribution in [3.8, 4) is 0 Å². The molecule has 2 aromatic rings. The van der Waals surface area contributed by atoms with Crippen LogP contribution in [0.2, 0.25) is 0 Å². The van der Waals surface area contributed by atoms with E-state index in [1.807, 2.05) is 0 Å². The second kappa shape index (κ2) is 27.5. The molecule has 2 bridgehead atoms. The molecule has 18 heteroatoms. The SMILES string of the molecule is CCCCCCCC/C=C\CCCCCCCC1OCC(COC(=O)O[C@@H](C(=O)O[C@H]2CC3(O)[C@@H](OC(=O)c4ccccc4)[C@@H]4[C@]5(O)CO[C@@H]5C[C@H](O)[C@@]4(C)C(=O)[C@H](O)C(=C2C)C3(C)C)[C@@H](NC(=O)OC(C)(C)C)c2ccccc2)O1. The van der Waals surface area contributed by atoms with Gasteiger partial charge in [0.15, 0.2) is 12.1 Å². The molecule has 0 aromatic heterocycles. The molecule has 81 heavy (non-hydrogen) atoms. The Labute approximate surface area is 477 Å². The third-order valence-corrected chi connectivity index (χ3v) is 17.4. The van der Waals surface area contributed by atoms with Gasteiger partial charge in [-0.3, -0.25) is 4.79 Å². The number of aliphatic hydroxyl groups is 4. The third-order valence-electron chi connectivity index (χ3n) is 17.4. The maximum Gasteiger partial charge on any atom is 0.509 e. The number of benzene rings is 2. The quantitative estimate of drug-likeness (QED) is 0.0268. The molecule has 5 aliphatic rings. The lowest BCUT2D eigenvalue weighted by molar-refractivity contribution is -0.343. The smallest absolute Gasteiger partial charge is 0.455 e. The summed E-state index contributed by atoms with van der Waals surface area (Å²) in [6.07, 6.45) is 6.33. The largest absolute Gasteiger partial charge is 0.509 e. The molecule has 0 spiro atoms. The highest BCUT2D eigenvalue weighted by Crippen LogP contribution is 2.63. The molecule has 1 amide bonds. The van der Waals surface area contributed by atoms with Crippen LogP contribution < -0.4 is 5.32 Å². The fourth-order valence-electron chi connectivity index (χ4n) is 12.7. The molecule has 4 fully saturated rings. The van der Waals surface area contributed by atoms with Crippen LogP contribution in [0.5, 0.6) is 0 Å². The van der Waals surface area contributed by atoms with Gasteiger partial charge in [0, 0.05) is 24.2 Å². The van der Waals surface area contributed by atoms with Crippen LogP contribution in [0.4, 0.5) is 9.59 Å². The topological polar surface area (TPSA) is 252 Å². The summed E-state index contributed by atoms with van der Waals surface area (Å²) in [5, 5.41) is 53.1. The number of nitrogens with one attached hydrogen (secondary N) is 1. The lowest BCUT2D eigenvalue weighted by Gasteiger charge is -2.66. The second-order valence-corrected chi connectivity index (χ2v) is 24.6. The number of rotatable bonds is 25. The summed E-state index contributed by atoms with van der Waals surface area (Å²) >= 11 is 0. The van der Waals surface area contributed by atoms with Crippen molar-refractivity contribution >= 4 is 30.0 Å². The van der Waals surface area contributed by atoms with E-state index in [1.54, 1.807) is 83.1 Å². The van der Waals surface area contributed by atoms with Crippen molar-refractivity contribution in [2.75, 3.05) is 19.8 Å². The molecule has 2 heterocycles. The Balaban J connectivity index is 1.09. The monoisotopic (exact) mass is 1130 g/mol. The number of fused-ring (bicyclic) bond motifs is 5. The standard InChI is InChI=1S/C63H89NO17/c1-9-10-11-12-13-14-15-16-17-18-19-20-21-22-29-34-47-74-37-43(77-47)38-75-58(71)79-51(49(41-30-25-23-26-31-41)64-57(70)81-59(3,4)5)56(69)78-44-36-63(73)54(80-55(68)42-32-27-24-28-33-42)52-61(8,45(65)35-46-62(52,72)39-76-46)53(67)50(66)48(40(44)2)60(63,6)7/h16-17,23-28,30-33,43-47,49-52,54,65-66,72-73H,9-15,18-22,29,34-39H2,1-8H3,(H,64,70)/b17-16-/t43?,44-,45-,46+,47?,49-,50+,51+,52-,54-,61+,62-,63?/m0/s1. The first-order valence-electron chi connectivity index (χ1n) is 29.4. The molecule has 2 saturated carbocycles. The van der Waals surface area contributed by atoms with Crippen LogP contribution >= 0.6 is 0 Å². The van der Waals surface area contributed by atoms with E-state index < -0.39 is 125 Å². The summed E-state index contributed by atoms with van der Waals surface area (Å²) in [4.78, 5) is 72.1. The van der Waals surface area contributed by atoms with Gasteiger partial charge in [-0.2, -0.15) is 0 Å². The molecule has 7 rings (SSSR count). The van der Waals surface area contributed by atoms with Crippen molar-refractivity contribution < 1.29 is 82.3 Å². The first-order chi connectivity index (χ1) is 38.5. The predicted molar refractivity (Wildman–Crippen MR) is 298 cm³/mol. The van der Waals surface area contributed by atoms with E-state index in [0.717, 1.165) is 44.9 Å². The Morgan fingerprint density at radius 1 is 0.827 bits per heavy atom. The van der Waals surface area contributed by atoms with Crippen LogP contribution in [0.25, 0.3) is 0 Å². The highest BCUT2D eigenvalue weighted by molar-refractivity contribution is 5.94. The van der Waals surface area contributed by atoms with Gasteiger partial charge in [0.25, 0.3) is 0 Å². The first kappa shape index (κ1) is 63.4. The van der Waals surface area contributed by atoms with E-state index in [1.165, 1.54) is 64.5 Å². The number of ketones is 1. The predicted octanol–water partition coefficient (Wildman–Crippen LogP) is 9.63. The number of amides is 1. The summed E-state index contributed by atoms with van der Waals surface area (Å²) in [5.74, 6) is -4.72. The molecule has 3 aliphatic carbocycles. The number of aliphatic hydroxyl groups excluding tert-OH is 2. The molecule has 13 atom stereocenters. The first-order valence-corrected chi connectivity index (χ1v) is 29.4. The molecule has 18 nitrogen and oxygen atoms in total. The van der Waals surface area contributed by atoms with Gasteiger partial charge in [0.05, 0.1) is 36.4 Å². The van der Waals surface area contributed by atoms with Crippen LogP contribution in [0.1, 0.15) is 180 Å². The molecule has 2 aromatic carbocycles. The molecular weight excluding hydrogens is 1040 g/mol. The Hall–Kier alpha value is -5.21. The maximum absolute atomic E-state index is 15.2. The van der Waals surface area contributed by atoms with Gasteiger partial charge in [-0.25, -0.2) is 19.2 Å². The van der Waals surface area contributed by atoms with Gasteiger partial charge in [-0.15, -0.1) is 0 Å². The average molecular weight is 1130 g/mol. The lowest BCUT2D eigenvalue weighted by Crippen LogP contribution is -2.81. The fraction of sp³-hybridized carbons (Fsp3) is 0.667. The molecular formula is C63H89NO17. The summed E-state index contributed by atoms with van der Waals surface area (Å²) in [6, 6.07) is 14.5. The lowest BCUT2D eigenvalue weighted by atomic mass is 9.44. The zero-order chi connectivity index (χ0) is 58.8. The van der Waals surface area contributed by atoms with Crippen molar-refractivity contribution in [1.82, 2.24) is 5.32 Å². The number of hydrogen-bond acceptors (Lipinski definition) is 17. The molecule has 5 N–H and O–H groups in total. The van der Waals surface area contributed by atoms with Crippen molar-refractivity contribution in [2.24, 2.45) is 16.7 Å². The number of Topliss-reactive ketones (excluding diaryl/α,β-unsaturated/α-hetero) is 1. The van der Waals surface area contributed by atoms with Gasteiger partial charge >= 0.3 is 24.2 Å². The molecule has 448 valence electrons. The Morgan fingerprint density at radius 3 is 2.06 bits per heavy atom. The number of ether oxygens (including phenoxy) is 8. The van der Waals surface area contributed by atoms with Gasteiger partial charge in [-0.1, -0.05) is 133 Å². The van der Waals surface area contributed by atoms with Crippen LogP contribution in [0.3, 0.4) is 0 Å². The van der Waals surface area contributed by atoms with E-state index in [9.17, 15) is 34.8 Å². The third kappa shape index (κ3) is 14.6. The van der Waals surface area contributed by atoms with E-state index >= 15 is 9.59 Å². The zero-order valence-corrected chi connectivity index (χ0v) is 48.7. The fourth-order valence-corrected chi connectivity index (χ4v) is 12.7. The van der Waals surface area contributed by atoms with E-state index in [0.29, 0.717) is 6.42 Å². The van der Waals surface area contributed by atoms with Crippen molar-refractivity contribution in [3.05, 3.63) is 95.1 Å². The zero-order valence-electron chi connectivity index (χ0n) is 48.7. The van der Waals surface area contributed by atoms with E-state index in [2.05, 4.69) is 24.4 Å². The summed E-state index contributed by atoms with van der Waals surface area (Å²) < 4.78 is 47.4. The van der Waals surface area contributed by atoms with Crippen LogP contribution in [0, 0.1) is 16.7 Å². The van der Waals surface area contributed by atoms with Gasteiger partial charge < -0.3 is 63.6 Å². The van der Waals surface area contributed by atoms with Crippen molar-refractivity contribution in [3.63, 3.8) is 0 Å². The highest BCUT2D eigenvalue weighted by Gasteiger charge is 2.76. The summed E-state index contributed by atoms with van der Waals surface area (Å²) in [6.45, 7) is 12.6. The minimum atomic E-state index is -2.41. The summed E-state index contributed by atoms with van der Waals surface area (Å²) in [5.41, 5.74) is -8.72. The highest BCUT2D eigenvalue weighted by atomic mass is 16.8. The Morgan fingerprint density at radius 2 is 1.44 bits per heavy atom. The number of carbonyl (C=O) groups excluding carboxylic acids is 5. The number of unbranched alkanes of at least 4 members (excludes halogenated alkanes) is 11. The van der Waals surface area contributed by atoms with E-state index in [-0.39, 0.29) is 48.5 Å². The van der Waals surface area contributed by atoms with Gasteiger partial charge in [-0.05, 0) is 102 Å². The number of alkyl carbamates (subject to hydrolysis) is 1. The number of carbonyl (C=O) groups is 5.